The van der Waals surface area contributed by atoms with Gasteiger partial charge in [-0.05, 0) is 31.5 Å². The van der Waals surface area contributed by atoms with Crippen molar-refractivity contribution >= 4 is 33.2 Å². The molecule has 1 aromatic rings. The predicted octanol–water partition coefficient (Wildman–Crippen LogP) is 0.582. The SMILES string of the molecule is CCCC1=NN(C)C2C(=O)N=C(c3cc(S(=O)(=O)N4CCN(CCO)CC4)ccc3OCC)N=C12. The molecule has 1 unspecified atom stereocenters. The number of ether oxygens (including phenoxy) is 1. The molecule has 3 heterocycles. The molecular weight excluding hydrogens is 472 g/mol. The van der Waals surface area contributed by atoms with E-state index in [4.69, 9.17) is 9.84 Å². The van der Waals surface area contributed by atoms with E-state index < -0.39 is 22.0 Å². The molecule has 11 nitrogen and oxygen atoms in total. The molecule has 1 aromatic carbocycles. The van der Waals surface area contributed by atoms with Crippen LogP contribution in [0.15, 0.2) is 38.2 Å². The molecule has 190 valence electrons. The third-order valence-corrected chi connectivity index (χ3v) is 8.14. The highest BCUT2D eigenvalue weighted by molar-refractivity contribution is 7.89. The quantitative estimate of drug-likeness (QED) is 0.521. The lowest BCUT2D eigenvalue weighted by molar-refractivity contribution is -0.120. The maximum Gasteiger partial charge on any atom is 0.278 e. The average molecular weight is 505 g/mol. The Morgan fingerprint density at radius 3 is 2.54 bits per heavy atom. The third-order valence-electron chi connectivity index (χ3n) is 6.25. The fourth-order valence-corrected chi connectivity index (χ4v) is 5.94. The monoisotopic (exact) mass is 504 g/mol. The fraction of sp³-hybridized carbons (Fsp3) is 0.565. The van der Waals surface area contributed by atoms with Gasteiger partial charge in [0.2, 0.25) is 10.0 Å². The predicted molar refractivity (Wildman–Crippen MR) is 133 cm³/mol. The van der Waals surface area contributed by atoms with Crippen LogP contribution in [0.4, 0.5) is 0 Å². The Labute approximate surface area is 205 Å². The molecule has 0 spiro atoms. The molecule has 4 rings (SSSR count). The van der Waals surface area contributed by atoms with Crippen LogP contribution in [0.3, 0.4) is 0 Å². The highest BCUT2D eigenvalue weighted by atomic mass is 32.2. The lowest BCUT2D eigenvalue weighted by atomic mass is 10.0. The van der Waals surface area contributed by atoms with E-state index in [9.17, 15) is 13.2 Å². The van der Waals surface area contributed by atoms with Gasteiger partial charge in [-0.25, -0.2) is 13.4 Å². The molecule has 1 amide bonds. The van der Waals surface area contributed by atoms with Crippen molar-refractivity contribution < 1.29 is 23.1 Å². The fourth-order valence-electron chi connectivity index (χ4n) is 4.49. The molecule has 0 aliphatic carbocycles. The van der Waals surface area contributed by atoms with E-state index in [-0.39, 0.29) is 17.3 Å². The van der Waals surface area contributed by atoms with Crippen molar-refractivity contribution in [2.45, 2.75) is 37.6 Å². The van der Waals surface area contributed by atoms with E-state index >= 15 is 0 Å². The Morgan fingerprint density at radius 1 is 1.14 bits per heavy atom. The lowest BCUT2D eigenvalue weighted by Gasteiger charge is -2.33. The number of sulfonamides is 1. The zero-order valence-electron chi connectivity index (χ0n) is 20.3. The second kappa shape index (κ2) is 10.5. The summed E-state index contributed by atoms with van der Waals surface area (Å²) in [6.07, 6.45) is 1.53. The number of aliphatic hydroxyl groups is 1. The number of amides is 1. The van der Waals surface area contributed by atoms with E-state index in [0.717, 1.165) is 12.1 Å². The summed E-state index contributed by atoms with van der Waals surface area (Å²) in [5, 5.41) is 15.2. The van der Waals surface area contributed by atoms with Crippen LogP contribution in [0.5, 0.6) is 5.75 Å². The molecule has 0 aromatic heterocycles. The summed E-state index contributed by atoms with van der Waals surface area (Å²) in [4.78, 5) is 23.9. The van der Waals surface area contributed by atoms with Crippen molar-refractivity contribution in [2.75, 3.05) is 53.0 Å². The molecule has 3 aliphatic rings. The zero-order chi connectivity index (χ0) is 25.2. The maximum atomic E-state index is 13.4. The minimum atomic E-state index is -3.78. The van der Waals surface area contributed by atoms with Gasteiger partial charge < -0.3 is 9.84 Å². The van der Waals surface area contributed by atoms with Gasteiger partial charge in [0.15, 0.2) is 11.9 Å². The highest BCUT2D eigenvalue weighted by Crippen LogP contribution is 2.29. The molecule has 1 fully saturated rings. The summed E-state index contributed by atoms with van der Waals surface area (Å²) < 4.78 is 34.0. The van der Waals surface area contributed by atoms with Crippen LogP contribution in [0.1, 0.15) is 32.3 Å². The minimum absolute atomic E-state index is 0.0413. The van der Waals surface area contributed by atoms with E-state index in [0.29, 0.717) is 62.8 Å². The smallest absolute Gasteiger partial charge is 0.278 e. The Hall–Kier alpha value is -2.67. The van der Waals surface area contributed by atoms with Crippen LogP contribution >= 0.6 is 0 Å². The minimum Gasteiger partial charge on any atom is -0.493 e. The number of hydrogen-bond acceptors (Lipinski definition) is 9. The molecule has 1 atom stereocenters. The zero-order valence-corrected chi connectivity index (χ0v) is 21.2. The molecule has 0 bridgehead atoms. The van der Waals surface area contributed by atoms with Gasteiger partial charge in [0.1, 0.15) is 11.5 Å². The van der Waals surface area contributed by atoms with Crippen molar-refractivity contribution in [3.05, 3.63) is 23.8 Å². The molecule has 3 aliphatic heterocycles. The number of aliphatic imine (C=N–C) groups is 2. The molecule has 1 saturated heterocycles. The molecule has 35 heavy (non-hydrogen) atoms. The summed E-state index contributed by atoms with van der Waals surface area (Å²) in [5.41, 5.74) is 1.65. The van der Waals surface area contributed by atoms with Crippen LogP contribution in [-0.2, 0) is 14.8 Å². The summed E-state index contributed by atoms with van der Waals surface area (Å²) >= 11 is 0. The number of amidine groups is 1. The van der Waals surface area contributed by atoms with Crippen LogP contribution in [0, 0.1) is 0 Å². The van der Waals surface area contributed by atoms with Crippen molar-refractivity contribution in [1.29, 1.82) is 0 Å². The number of carbonyl (C=O) groups excluding carboxylic acids is 1. The number of fused-ring (bicyclic) bond motifs is 1. The van der Waals surface area contributed by atoms with E-state index in [2.05, 4.69) is 15.1 Å². The van der Waals surface area contributed by atoms with E-state index in [1.807, 2.05) is 18.7 Å². The van der Waals surface area contributed by atoms with Crippen molar-refractivity contribution in [1.82, 2.24) is 14.2 Å². The molecular formula is C23H32N6O5S. The number of carbonyl (C=O) groups is 1. The van der Waals surface area contributed by atoms with Crippen molar-refractivity contribution in [3.8, 4) is 5.75 Å². The summed E-state index contributed by atoms with van der Waals surface area (Å²) in [7, 11) is -2.06. The van der Waals surface area contributed by atoms with Gasteiger partial charge in [-0.1, -0.05) is 13.3 Å². The first kappa shape index (κ1) is 25.4. The first-order chi connectivity index (χ1) is 16.8. The number of aliphatic hydroxyl groups excluding tert-OH is 1. The number of β-amino-alcohol motifs (C(OH)–C–C–N with tert-alkyl or cyclic N) is 1. The molecule has 0 saturated carbocycles. The van der Waals surface area contributed by atoms with Gasteiger partial charge in [0.05, 0.1) is 29.4 Å². The molecule has 0 radical (unpaired) electrons. The van der Waals surface area contributed by atoms with Gasteiger partial charge in [0, 0.05) is 39.8 Å². The average Bonchev–Trinajstić information content (AvgIpc) is 3.15. The Kier molecular flexibility index (Phi) is 7.64. The first-order valence-corrected chi connectivity index (χ1v) is 13.4. The highest BCUT2D eigenvalue weighted by Gasteiger charge is 2.40. The standard InChI is InChI=1S/C23H32N6O5S/c1-4-6-18-20-21(27(3)26-18)23(31)25-22(24-20)17-15-16(7-8-19(17)34-5-2)35(32,33)29-11-9-28(10-12-29)13-14-30/h7-8,15,21,30H,4-6,9-14H2,1-3H3. The number of likely N-dealkylation sites (N-methyl/N-ethyl adjacent to an activating group) is 1. The molecule has 12 heteroatoms. The van der Waals surface area contributed by atoms with Crippen molar-refractivity contribution in [2.24, 2.45) is 15.1 Å². The van der Waals surface area contributed by atoms with Crippen LogP contribution in [-0.4, -0.2) is 110 Å². The number of nitrogens with zero attached hydrogens (tertiary/aromatic N) is 6. The molecule has 1 N–H and O–H groups in total. The van der Waals surface area contributed by atoms with Crippen LogP contribution in [0.25, 0.3) is 0 Å². The number of hydrazone groups is 1. The van der Waals surface area contributed by atoms with Crippen LogP contribution in [0.2, 0.25) is 0 Å². The second-order valence-corrected chi connectivity index (χ2v) is 10.5. The Morgan fingerprint density at radius 2 is 1.89 bits per heavy atom. The van der Waals surface area contributed by atoms with E-state index in [1.54, 1.807) is 18.1 Å². The van der Waals surface area contributed by atoms with E-state index in [1.165, 1.54) is 16.4 Å². The lowest BCUT2D eigenvalue weighted by Crippen LogP contribution is -2.49. The first-order valence-electron chi connectivity index (χ1n) is 11.9. The summed E-state index contributed by atoms with van der Waals surface area (Å²) in [6.45, 7) is 6.54. The van der Waals surface area contributed by atoms with Gasteiger partial charge in [-0.3, -0.25) is 14.7 Å². The number of hydrogen-bond donors (Lipinski definition) is 1. The van der Waals surface area contributed by atoms with Gasteiger partial charge >= 0.3 is 0 Å². The summed E-state index contributed by atoms with van der Waals surface area (Å²) in [5.74, 6) is 0.153. The third kappa shape index (κ3) is 5.01. The second-order valence-electron chi connectivity index (χ2n) is 8.60. The maximum absolute atomic E-state index is 13.4. The Bertz CT molecular complexity index is 1170. The van der Waals surface area contributed by atoms with Crippen molar-refractivity contribution in [3.63, 3.8) is 0 Å². The normalized spacial score (nSPS) is 21.5. The number of piperazine rings is 1. The van der Waals surface area contributed by atoms with Gasteiger partial charge in [-0.15, -0.1) is 0 Å². The number of rotatable bonds is 9. The summed E-state index contributed by atoms with van der Waals surface area (Å²) in [6, 6.07) is 3.94. The Balaban J connectivity index is 1.69. The van der Waals surface area contributed by atoms with Crippen LogP contribution < -0.4 is 4.74 Å². The van der Waals surface area contributed by atoms with Gasteiger partial charge in [0.25, 0.3) is 5.91 Å². The van der Waals surface area contributed by atoms with Gasteiger partial charge in [-0.2, -0.15) is 14.4 Å². The number of benzene rings is 1. The largest absolute Gasteiger partial charge is 0.493 e. The topological polar surface area (TPSA) is 127 Å².